The van der Waals surface area contributed by atoms with Crippen LogP contribution in [0, 0.1) is 11.8 Å². The Hall–Kier alpha value is -1.11. The first-order valence-corrected chi connectivity index (χ1v) is 9.75. The zero-order valence-electron chi connectivity index (χ0n) is 14.3. The molecule has 5 nitrogen and oxygen atoms in total. The first-order valence-electron chi connectivity index (χ1n) is 8.27. The van der Waals surface area contributed by atoms with Crippen LogP contribution in [0.2, 0.25) is 0 Å². The molecule has 0 radical (unpaired) electrons. The van der Waals surface area contributed by atoms with Gasteiger partial charge in [-0.3, -0.25) is 0 Å². The number of likely N-dealkylation sites (tertiary alicyclic amines) is 1. The summed E-state index contributed by atoms with van der Waals surface area (Å²) in [6.45, 7) is 8.22. The number of ether oxygens (including phenoxy) is 1. The molecule has 0 spiro atoms. The third kappa shape index (κ3) is 5.48. The molecule has 0 bridgehead atoms. The van der Waals surface area contributed by atoms with E-state index < -0.39 is 10.0 Å². The van der Waals surface area contributed by atoms with Crippen molar-refractivity contribution >= 4 is 10.0 Å². The lowest BCUT2D eigenvalue weighted by Gasteiger charge is -2.34. The van der Waals surface area contributed by atoms with Crippen molar-refractivity contribution in [2.24, 2.45) is 11.8 Å². The SMILES string of the molecule is COc1ccc(S(=O)(=O)NCCCN2C[C@H](C)C[C@H](C)C2)cc1. The fourth-order valence-electron chi connectivity index (χ4n) is 3.32. The van der Waals surface area contributed by atoms with Crippen LogP contribution in [0.1, 0.15) is 26.7 Å². The van der Waals surface area contributed by atoms with Gasteiger partial charge in [0.1, 0.15) is 5.75 Å². The van der Waals surface area contributed by atoms with Gasteiger partial charge in [-0.25, -0.2) is 13.1 Å². The first kappa shape index (κ1) is 18.2. The molecule has 1 aliphatic rings. The average molecular weight is 340 g/mol. The Bertz CT molecular complexity index is 576. The topological polar surface area (TPSA) is 58.6 Å². The second-order valence-electron chi connectivity index (χ2n) is 6.63. The Balaban J connectivity index is 1.78. The number of methoxy groups -OCH3 is 1. The number of piperidine rings is 1. The average Bonchev–Trinajstić information content (AvgIpc) is 2.51. The summed E-state index contributed by atoms with van der Waals surface area (Å²) in [5.74, 6) is 2.11. The third-order valence-corrected chi connectivity index (χ3v) is 5.73. The molecule has 1 heterocycles. The van der Waals surface area contributed by atoms with Crippen molar-refractivity contribution in [1.29, 1.82) is 0 Å². The predicted octanol–water partition coefficient (Wildman–Crippen LogP) is 2.34. The van der Waals surface area contributed by atoms with E-state index >= 15 is 0 Å². The van der Waals surface area contributed by atoms with Crippen LogP contribution in [0.5, 0.6) is 5.75 Å². The van der Waals surface area contributed by atoms with Crippen LogP contribution in [0.25, 0.3) is 0 Å². The van der Waals surface area contributed by atoms with Crippen LogP contribution in [0.3, 0.4) is 0 Å². The highest BCUT2D eigenvalue weighted by Crippen LogP contribution is 2.20. The summed E-state index contributed by atoms with van der Waals surface area (Å²) >= 11 is 0. The summed E-state index contributed by atoms with van der Waals surface area (Å²) in [5, 5.41) is 0. The molecule has 0 aliphatic carbocycles. The molecule has 0 saturated carbocycles. The minimum atomic E-state index is -3.43. The Morgan fingerprint density at radius 3 is 2.35 bits per heavy atom. The highest BCUT2D eigenvalue weighted by molar-refractivity contribution is 7.89. The van der Waals surface area contributed by atoms with E-state index in [9.17, 15) is 8.42 Å². The molecule has 0 unspecified atom stereocenters. The Labute approximate surface area is 140 Å². The summed E-state index contributed by atoms with van der Waals surface area (Å²) in [6.07, 6.45) is 2.12. The van der Waals surface area contributed by atoms with E-state index in [1.807, 2.05) is 0 Å². The van der Waals surface area contributed by atoms with Crippen LogP contribution in [0.15, 0.2) is 29.2 Å². The second-order valence-corrected chi connectivity index (χ2v) is 8.40. The fraction of sp³-hybridized carbons (Fsp3) is 0.647. The minimum Gasteiger partial charge on any atom is -0.497 e. The van der Waals surface area contributed by atoms with Crippen LogP contribution < -0.4 is 9.46 Å². The van der Waals surface area contributed by atoms with Crippen molar-refractivity contribution in [3.05, 3.63) is 24.3 Å². The minimum absolute atomic E-state index is 0.276. The molecule has 1 aromatic carbocycles. The molecule has 130 valence electrons. The summed E-state index contributed by atoms with van der Waals surface area (Å²) in [7, 11) is -1.87. The summed E-state index contributed by atoms with van der Waals surface area (Å²) in [5.41, 5.74) is 0. The molecule has 1 aliphatic heterocycles. The maximum atomic E-state index is 12.2. The van der Waals surface area contributed by atoms with Crippen molar-refractivity contribution in [3.63, 3.8) is 0 Å². The molecule has 1 fully saturated rings. The number of hydrogen-bond donors (Lipinski definition) is 1. The van der Waals surface area contributed by atoms with Gasteiger partial charge in [0, 0.05) is 19.6 Å². The van der Waals surface area contributed by atoms with Crippen LogP contribution in [-0.2, 0) is 10.0 Å². The fourth-order valence-corrected chi connectivity index (χ4v) is 4.40. The lowest BCUT2D eigenvalue weighted by molar-refractivity contribution is 0.140. The van der Waals surface area contributed by atoms with E-state index in [-0.39, 0.29) is 4.90 Å². The number of nitrogens with zero attached hydrogens (tertiary/aromatic N) is 1. The number of rotatable bonds is 7. The molecule has 1 saturated heterocycles. The number of nitrogens with one attached hydrogen (secondary N) is 1. The van der Waals surface area contributed by atoms with Gasteiger partial charge < -0.3 is 9.64 Å². The van der Waals surface area contributed by atoms with E-state index in [0.717, 1.165) is 37.9 Å². The summed E-state index contributed by atoms with van der Waals surface area (Å²) < 4.78 is 32.2. The van der Waals surface area contributed by atoms with Gasteiger partial charge in [-0.05, 0) is 55.5 Å². The number of sulfonamides is 1. The summed E-state index contributed by atoms with van der Waals surface area (Å²) in [4.78, 5) is 2.72. The van der Waals surface area contributed by atoms with Crippen molar-refractivity contribution in [2.45, 2.75) is 31.6 Å². The Kier molecular flexibility index (Phi) is 6.44. The standard InChI is InChI=1S/C17H28N2O3S/c1-14-11-15(2)13-19(12-14)10-4-9-18-23(20,21)17-7-5-16(22-3)6-8-17/h5-8,14-15,18H,4,9-13H2,1-3H3/t14-,15+. The van der Waals surface area contributed by atoms with E-state index in [1.54, 1.807) is 31.4 Å². The number of hydrogen-bond acceptors (Lipinski definition) is 4. The molecule has 0 amide bonds. The molecule has 2 atom stereocenters. The number of benzene rings is 1. The van der Waals surface area contributed by atoms with Crippen molar-refractivity contribution in [3.8, 4) is 5.75 Å². The van der Waals surface area contributed by atoms with Gasteiger partial charge in [-0.15, -0.1) is 0 Å². The van der Waals surface area contributed by atoms with E-state index in [1.165, 1.54) is 6.42 Å². The van der Waals surface area contributed by atoms with Crippen molar-refractivity contribution in [2.75, 3.05) is 33.3 Å². The molecule has 1 aromatic rings. The monoisotopic (exact) mass is 340 g/mol. The normalized spacial score (nSPS) is 22.9. The predicted molar refractivity (Wildman–Crippen MR) is 92.2 cm³/mol. The van der Waals surface area contributed by atoms with Gasteiger partial charge in [-0.1, -0.05) is 13.8 Å². The van der Waals surface area contributed by atoms with Crippen LogP contribution in [0.4, 0.5) is 0 Å². The Morgan fingerprint density at radius 2 is 1.78 bits per heavy atom. The molecule has 1 N–H and O–H groups in total. The molecular weight excluding hydrogens is 312 g/mol. The van der Waals surface area contributed by atoms with Crippen LogP contribution in [-0.4, -0.2) is 46.6 Å². The third-order valence-electron chi connectivity index (χ3n) is 4.26. The Morgan fingerprint density at radius 1 is 1.17 bits per heavy atom. The van der Waals surface area contributed by atoms with Gasteiger partial charge in [0.05, 0.1) is 12.0 Å². The van der Waals surface area contributed by atoms with Gasteiger partial charge in [-0.2, -0.15) is 0 Å². The first-order chi connectivity index (χ1) is 10.9. The quantitative estimate of drug-likeness (QED) is 0.774. The molecular formula is C17H28N2O3S. The van der Waals surface area contributed by atoms with E-state index in [4.69, 9.17) is 4.74 Å². The zero-order valence-corrected chi connectivity index (χ0v) is 15.1. The van der Waals surface area contributed by atoms with Gasteiger partial charge >= 0.3 is 0 Å². The lowest BCUT2D eigenvalue weighted by Crippen LogP contribution is -2.40. The molecule has 0 aromatic heterocycles. The second kappa shape index (κ2) is 8.13. The van der Waals surface area contributed by atoms with Gasteiger partial charge in [0.15, 0.2) is 0 Å². The summed E-state index contributed by atoms with van der Waals surface area (Å²) in [6, 6.07) is 6.44. The maximum absolute atomic E-state index is 12.2. The van der Waals surface area contributed by atoms with Gasteiger partial charge in [0.2, 0.25) is 10.0 Å². The van der Waals surface area contributed by atoms with Crippen molar-refractivity contribution in [1.82, 2.24) is 9.62 Å². The highest BCUT2D eigenvalue weighted by atomic mass is 32.2. The molecule has 23 heavy (non-hydrogen) atoms. The molecule has 6 heteroatoms. The van der Waals surface area contributed by atoms with Gasteiger partial charge in [0.25, 0.3) is 0 Å². The lowest BCUT2D eigenvalue weighted by atomic mass is 9.92. The largest absolute Gasteiger partial charge is 0.497 e. The highest BCUT2D eigenvalue weighted by Gasteiger charge is 2.21. The van der Waals surface area contributed by atoms with Crippen LogP contribution >= 0.6 is 0 Å². The molecule has 2 rings (SSSR count). The van der Waals surface area contributed by atoms with E-state index in [0.29, 0.717) is 12.3 Å². The van der Waals surface area contributed by atoms with E-state index in [2.05, 4.69) is 23.5 Å². The van der Waals surface area contributed by atoms with Crippen molar-refractivity contribution < 1.29 is 13.2 Å². The maximum Gasteiger partial charge on any atom is 0.240 e. The zero-order chi connectivity index (χ0) is 16.9. The smallest absolute Gasteiger partial charge is 0.240 e.